The van der Waals surface area contributed by atoms with Crippen LogP contribution in [-0.2, 0) is 18.6 Å². The van der Waals surface area contributed by atoms with Crippen molar-refractivity contribution in [2.24, 2.45) is 0 Å². The summed E-state index contributed by atoms with van der Waals surface area (Å²) >= 11 is 0. The summed E-state index contributed by atoms with van der Waals surface area (Å²) in [6.07, 6.45) is 2.44. The Balaban J connectivity index is 1.66. The molecule has 1 aliphatic carbocycles. The summed E-state index contributed by atoms with van der Waals surface area (Å²) in [7, 11) is 4.94. The van der Waals surface area contributed by atoms with Gasteiger partial charge in [0.1, 0.15) is 34.4 Å². The molecule has 0 N–H and O–H groups in total. The number of aryl methyl sites for hydroxylation is 1. The number of hydrogen-bond donors (Lipinski definition) is 0. The lowest BCUT2D eigenvalue weighted by Crippen LogP contribution is -2.49. The Morgan fingerprint density at radius 3 is 2.50 bits per heavy atom. The summed E-state index contributed by atoms with van der Waals surface area (Å²) in [5, 5.41) is 0. The van der Waals surface area contributed by atoms with Crippen LogP contribution in [0.4, 0.5) is 0 Å². The van der Waals surface area contributed by atoms with Crippen molar-refractivity contribution < 1.29 is 18.9 Å². The van der Waals surface area contributed by atoms with Crippen molar-refractivity contribution >= 4 is 0 Å². The highest BCUT2D eigenvalue weighted by Crippen LogP contribution is 2.60. The van der Waals surface area contributed by atoms with Crippen LogP contribution < -0.4 is 24.5 Å². The molecule has 0 saturated carbocycles. The van der Waals surface area contributed by atoms with E-state index in [1.165, 1.54) is 0 Å². The van der Waals surface area contributed by atoms with Crippen LogP contribution in [0.15, 0.2) is 41.2 Å². The largest absolute Gasteiger partial charge is 0.497 e. The summed E-state index contributed by atoms with van der Waals surface area (Å²) in [6, 6.07) is 11.8. The molecule has 6 rings (SSSR count). The molecular formula is C27H28N2O5. The van der Waals surface area contributed by atoms with E-state index in [9.17, 15) is 4.79 Å². The number of aromatic nitrogens is 2. The number of rotatable bonds is 4. The van der Waals surface area contributed by atoms with E-state index in [4.69, 9.17) is 23.9 Å². The molecule has 2 bridgehead atoms. The van der Waals surface area contributed by atoms with E-state index in [1.54, 1.807) is 21.3 Å². The van der Waals surface area contributed by atoms with Crippen molar-refractivity contribution in [3.8, 4) is 23.0 Å². The topological polar surface area (TPSA) is 71.8 Å². The monoisotopic (exact) mass is 460 g/mol. The molecule has 2 aromatic carbocycles. The summed E-state index contributed by atoms with van der Waals surface area (Å²) in [4.78, 5) is 18.9. The quantitative estimate of drug-likeness (QED) is 0.583. The molecule has 3 aromatic rings. The van der Waals surface area contributed by atoms with E-state index in [1.807, 2.05) is 41.0 Å². The number of methoxy groups -OCH3 is 3. The second-order valence-corrected chi connectivity index (χ2v) is 9.33. The predicted molar refractivity (Wildman–Crippen MR) is 127 cm³/mol. The van der Waals surface area contributed by atoms with Crippen LogP contribution >= 0.6 is 0 Å². The minimum absolute atomic E-state index is 0.0621. The van der Waals surface area contributed by atoms with Gasteiger partial charge in [-0.1, -0.05) is 19.1 Å². The molecule has 0 saturated heterocycles. The molecule has 7 nitrogen and oxygen atoms in total. The highest BCUT2D eigenvalue weighted by atomic mass is 16.5. The number of ether oxygens (including phenoxy) is 4. The maximum Gasteiger partial charge on any atom is 0.257 e. The zero-order valence-corrected chi connectivity index (χ0v) is 19.9. The Hall–Kier alpha value is -3.48. The van der Waals surface area contributed by atoms with Crippen molar-refractivity contribution in [2.75, 3.05) is 21.3 Å². The molecule has 0 spiro atoms. The van der Waals surface area contributed by atoms with Gasteiger partial charge in [-0.25, -0.2) is 4.98 Å². The molecule has 176 valence electrons. The molecule has 0 radical (unpaired) electrons. The van der Waals surface area contributed by atoms with Crippen molar-refractivity contribution in [1.82, 2.24) is 9.55 Å². The lowest BCUT2D eigenvalue weighted by atomic mass is 9.63. The highest BCUT2D eigenvalue weighted by molar-refractivity contribution is 5.60. The Labute approximate surface area is 198 Å². The van der Waals surface area contributed by atoms with Gasteiger partial charge in [-0.15, -0.1) is 0 Å². The van der Waals surface area contributed by atoms with Crippen molar-refractivity contribution in [3.63, 3.8) is 0 Å². The van der Waals surface area contributed by atoms with Crippen molar-refractivity contribution in [1.29, 1.82) is 0 Å². The van der Waals surface area contributed by atoms with Crippen LogP contribution in [0.5, 0.6) is 23.0 Å². The normalized spacial score (nSPS) is 23.9. The molecular weight excluding hydrogens is 432 g/mol. The maximum absolute atomic E-state index is 13.8. The van der Waals surface area contributed by atoms with E-state index in [-0.39, 0.29) is 17.4 Å². The third-order valence-electron chi connectivity index (χ3n) is 7.82. The fourth-order valence-electron chi connectivity index (χ4n) is 6.09. The summed E-state index contributed by atoms with van der Waals surface area (Å²) in [6.45, 7) is 2.81. The average Bonchev–Trinajstić information content (AvgIpc) is 3.35. The maximum atomic E-state index is 13.8. The molecule has 2 aliphatic heterocycles. The van der Waals surface area contributed by atoms with Crippen molar-refractivity contribution in [2.45, 2.75) is 50.2 Å². The number of benzene rings is 2. The SMILES string of the molecule is COc1ccc(C23C[C@H](c4nc5n(c(=O)c4[C@H]2C)CCC5)c2c(OC)cc(OC)cc2O3)cc1. The predicted octanol–water partition coefficient (Wildman–Crippen LogP) is 4.14. The van der Waals surface area contributed by atoms with Crippen LogP contribution in [0.3, 0.4) is 0 Å². The van der Waals surface area contributed by atoms with E-state index >= 15 is 0 Å². The summed E-state index contributed by atoms with van der Waals surface area (Å²) < 4.78 is 25.5. The molecule has 3 aliphatic rings. The lowest BCUT2D eigenvalue weighted by Gasteiger charge is -2.50. The highest BCUT2D eigenvalue weighted by Gasteiger charge is 2.55. The fraction of sp³-hybridized carbons (Fsp3) is 0.407. The van der Waals surface area contributed by atoms with Crippen LogP contribution in [0.25, 0.3) is 0 Å². The third-order valence-corrected chi connectivity index (χ3v) is 7.82. The molecule has 1 unspecified atom stereocenters. The zero-order chi connectivity index (χ0) is 23.6. The van der Waals surface area contributed by atoms with Gasteiger partial charge >= 0.3 is 0 Å². The Morgan fingerprint density at radius 2 is 1.79 bits per heavy atom. The Morgan fingerprint density at radius 1 is 1.03 bits per heavy atom. The minimum Gasteiger partial charge on any atom is -0.497 e. The summed E-state index contributed by atoms with van der Waals surface area (Å²) in [5.41, 5.74) is 2.88. The van der Waals surface area contributed by atoms with Crippen molar-refractivity contribution in [3.05, 3.63) is 75.0 Å². The second-order valence-electron chi connectivity index (χ2n) is 9.33. The van der Waals surface area contributed by atoms with Gasteiger partial charge in [0.25, 0.3) is 5.56 Å². The molecule has 34 heavy (non-hydrogen) atoms. The molecule has 1 aromatic heterocycles. The van der Waals surface area contributed by atoms with E-state index < -0.39 is 5.60 Å². The van der Waals surface area contributed by atoms with Crippen LogP contribution in [0, 0.1) is 0 Å². The number of hydrogen-bond acceptors (Lipinski definition) is 6. The number of nitrogens with zero attached hydrogens (tertiary/aromatic N) is 2. The zero-order valence-electron chi connectivity index (χ0n) is 19.9. The Kier molecular flexibility index (Phi) is 4.66. The van der Waals surface area contributed by atoms with Gasteiger partial charge in [0.15, 0.2) is 0 Å². The first-order valence-corrected chi connectivity index (χ1v) is 11.7. The first kappa shape index (κ1) is 21.1. The molecule has 0 fully saturated rings. The Bertz CT molecular complexity index is 1350. The average molecular weight is 461 g/mol. The molecule has 0 amide bonds. The van der Waals surface area contributed by atoms with Gasteiger partial charge in [-0.05, 0) is 24.1 Å². The van der Waals surface area contributed by atoms with E-state index in [0.29, 0.717) is 23.7 Å². The first-order chi connectivity index (χ1) is 16.5. The first-order valence-electron chi connectivity index (χ1n) is 11.7. The van der Waals surface area contributed by atoms with E-state index in [2.05, 4.69) is 6.92 Å². The molecule has 7 heteroatoms. The van der Waals surface area contributed by atoms with Gasteiger partial charge in [0, 0.05) is 54.5 Å². The standard InChI is InChI=1S/C27H28N2O5/c1-15-23-25(28-22-6-5-11-29(22)26(23)30)19-14-27(15,16-7-9-17(31-2)10-8-16)34-21-13-18(32-3)12-20(33-4)24(19)21/h7-10,12-13,15,19H,5-6,11,14H2,1-4H3/t15-,19+,27?/m1/s1. The van der Waals surface area contributed by atoms with Crippen LogP contribution in [-0.4, -0.2) is 30.9 Å². The lowest BCUT2D eigenvalue weighted by molar-refractivity contribution is 0.00200. The second kappa shape index (κ2) is 7.52. The van der Waals surface area contributed by atoms with Crippen LogP contribution in [0.2, 0.25) is 0 Å². The minimum atomic E-state index is -0.734. The van der Waals surface area contributed by atoms with Gasteiger partial charge < -0.3 is 18.9 Å². The fourth-order valence-corrected chi connectivity index (χ4v) is 6.09. The molecule has 3 atom stereocenters. The van der Waals surface area contributed by atoms with Gasteiger partial charge in [-0.3, -0.25) is 9.36 Å². The molecule has 3 heterocycles. The summed E-state index contributed by atoms with van der Waals surface area (Å²) in [5.74, 6) is 3.39. The third kappa shape index (κ3) is 2.76. The number of fused-ring (bicyclic) bond motifs is 7. The van der Waals surface area contributed by atoms with Gasteiger partial charge in [0.2, 0.25) is 0 Å². The smallest absolute Gasteiger partial charge is 0.257 e. The van der Waals surface area contributed by atoms with Gasteiger partial charge in [-0.2, -0.15) is 0 Å². The van der Waals surface area contributed by atoms with E-state index in [0.717, 1.165) is 53.3 Å². The van der Waals surface area contributed by atoms with Crippen LogP contribution in [0.1, 0.15) is 59.8 Å². The van der Waals surface area contributed by atoms with Gasteiger partial charge in [0.05, 0.1) is 27.0 Å².